The summed E-state index contributed by atoms with van der Waals surface area (Å²) in [4.78, 5) is 29.4. The number of hydrogen-bond acceptors (Lipinski definition) is 7. The minimum atomic E-state index is -0.509. The highest BCUT2D eigenvalue weighted by atomic mass is 16.6. The van der Waals surface area contributed by atoms with Crippen molar-refractivity contribution in [3.8, 4) is 0 Å². The molecule has 9 nitrogen and oxygen atoms in total. The van der Waals surface area contributed by atoms with Gasteiger partial charge in [-0.3, -0.25) is 9.20 Å². The van der Waals surface area contributed by atoms with Gasteiger partial charge in [-0.2, -0.15) is 0 Å². The number of ketones is 1. The lowest BCUT2D eigenvalue weighted by Gasteiger charge is -2.19. The molecule has 0 radical (unpaired) electrons. The van der Waals surface area contributed by atoms with Crippen LogP contribution in [0.3, 0.4) is 0 Å². The fourth-order valence-electron chi connectivity index (χ4n) is 3.75. The Bertz CT molecular complexity index is 1360. The Balaban J connectivity index is 1.46. The lowest BCUT2D eigenvalue weighted by Crippen LogP contribution is -2.33. The molecule has 4 rings (SSSR count). The number of nitrogens with one attached hydrogen (secondary N) is 2. The number of alkyl carbamates (subject to hydrolysis) is 1. The number of hydrogen-bond donors (Lipinski definition) is 2. The van der Waals surface area contributed by atoms with E-state index in [1.54, 1.807) is 18.2 Å². The van der Waals surface area contributed by atoms with Crippen LogP contribution in [0, 0.1) is 6.92 Å². The van der Waals surface area contributed by atoms with E-state index in [0.717, 1.165) is 23.9 Å². The van der Waals surface area contributed by atoms with E-state index in [0.29, 0.717) is 41.5 Å². The van der Waals surface area contributed by atoms with E-state index in [4.69, 9.17) is 9.72 Å². The number of amides is 1. The van der Waals surface area contributed by atoms with Crippen LogP contribution in [-0.4, -0.2) is 50.1 Å². The van der Waals surface area contributed by atoms with Gasteiger partial charge < -0.3 is 15.4 Å². The second-order valence-electron chi connectivity index (χ2n) is 9.33. The molecule has 182 valence electrons. The number of nitrogens with zero attached hydrogens (tertiary/aromatic N) is 4. The summed E-state index contributed by atoms with van der Waals surface area (Å²) in [6.45, 7) is 8.56. The minimum Gasteiger partial charge on any atom is -0.444 e. The van der Waals surface area contributed by atoms with E-state index in [2.05, 4.69) is 20.8 Å². The maximum absolute atomic E-state index is 12.9. The molecule has 0 saturated heterocycles. The molecule has 0 fully saturated rings. The maximum atomic E-state index is 12.9. The van der Waals surface area contributed by atoms with Crippen LogP contribution >= 0.6 is 0 Å². The lowest BCUT2D eigenvalue weighted by molar-refractivity contribution is 0.0527. The normalized spacial score (nSPS) is 11.5. The summed E-state index contributed by atoms with van der Waals surface area (Å²) in [7, 11) is 0. The largest absolute Gasteiger partial charge is 0.444 e. The summed E-state index contributed by atoms with van der Waals surface area (Å²) in [5, 5.41) is 14.6. The fourth-order valence-corrected chi connectivity index (χ4v) is 3.75. The molecule has 0 atom stereocenters. The van der Waals surface area contributed by atoms with E-state index in [1.807, 2.05) is 62.4 Å². The van der Waals surface area contributed by atoms with Gasteiger partial charge in [0.2, 0.25) is 5.65 Å². The van der Waals surface area contributed by atoms with Gasteiger partial charge in [-0.15, -0.1) is 10.2 Å². The van der Waals surface area contributed by atoms with Crippen molar-refractivity contribution < 1.29 is 14.3 Å². The molecule has 0 unspecified atom stereocenters. The molecule has 0 aliphatic heterocycles. The van der Waals surface area contributed by atoms with Crippen molar-refractivity contribution >= 4 is 34.4 Å². The van der Waals surface area contributed by atoms with Gasteiger partial charge in [0.15, 0.2) is 11.6 Å². The van der Waals surface area contributed by atoms with Crippen LogP contribution in [0.5, 0.6) is 0 Å². The van der Waals surface area contributed by atoms with Crippen LogP contribution in [-0.2, 0) is 4.74 Å². The van der Waals surface area contributed by atoms with Crippen molar-refractivity contribution in [3.63, 3.8) is 0 Å². The Labute approximate surface area is 203 Å². The molecule has 35 heavy (non-hydrogen) atoms. The second kappa shape index (κ2) is 10.1. The number of fused-ring (bicyclic) bond motifs is 3. The van der Waals surface area contributed by atoms with E-state index < -0.39 is 11.7 Å². The number of carbonyl (C=O) groups is 2. The van der Waals surface area contributed by atoms with Gasteiger partial charge in [-0.25, -0.2) is 9.78 Å². The van der Waals surface area contributed by atoms with E-state index in [9.17, 15) is 9.59 Å². The van der Waals surface area contributed by atoms with Gasteiger partial charge in [0.05, 0.1) is 11.0 Å². The molecule has 2 N–H and O–H groups in total. The van der Waals surface area contributed by atoms with Crippen molar-refractivity contribution in [1.82, 2.24) is 24.9 Å². The van der Waals surface area contributed by atoms with Gasteiger partial charge in [0.25, 0.3) is 0 Å². The number of aromatic nitrogens is 4. The van der Waals surface area contributed by atoms with Crippen LogP contribution < -0.4 is 10.6 Å². The molecule has 2 aromatic carbocycles. The second-order valence-corrected chi connectivity index (χ2v) is 9.33. The SMILES string of the molecule is Cc1nnc2c(NCCCCNC(=O)OC(C)(C)C)nc3ccc(C(=O)c4ccccc4)cc3n12. The Kier molecular flexibility index (Phi) is 6.95. The predicted molar refractivity (Wildman–Crippen MR) is 135 cm³/mol. The highest BCUT2D eigenvalue weighted by molar-refractivity contribution is 6.10. The summed E-state index contributed by atoms with van der Waals surface area (Å²) >= 11 is 0. The number of aryl methyl sites for hydroxylation is 1. The number of anilines is 1. The van der Waals surface area contributed by atoms with Crippen molar-refractivity contribution in [2.75, 3.05) is 18.4 Å². The number of rotatable bonds is 8. The molecule has 0 spiro atoms. The zero-order valence-electron chi connectivity index (χ0n) is 20.5. The van der Waals surface area contributed by atoms with Crippen molar-refractivity contribution in [2.24, 2.45) is 0 Å². The van der Waals surface area contributed by atoms with Crippen LogP contribution in [0.25, 0.3) is 16.7 Å². The summed E-state index contributed by atoms with van der Waals surface area (Å²) in [5.74, 6) is 1.29. The van der Waals surface area contributed by atoms with E-state index in [1.165, 1.54) is 0 Å². The maximum Gasteiger partial charge on any atom is 0.407 e. The molecule has 2 heterocycles. The summed E-state index contributed by atoms with van der Waals surface area (Å²) in [6.07, 6.45) is 1.19. The first-order chi connectivity index (χ1) is 16.7. The summed E-state index contributed by atoms with van der Waals surface area (Å²) in [6, 6.07) is 14.7. The third kappa shape index (κ3) is 5.74. The third-order valence-electron chi connectivity index (χ3n) is 5.35. The number of benzene rings is 2. The Morgan fingerprint density at radius 3 is 2.46 bits per heavy atom. The van der Waals surface area contributed by atoms with Crippen LogP contribution in [0.2, 0.25) is 0 Å². The van der Waals surface area contributed by atoms with Gasteiger partial charge in [-0.05, 0) is 58.7 Å². The van der Waals surface area contributed by atoms with Crippen molar-refractivity contribution in [2.45, 2.75) is 46.1 Å². The van der Waals surface area contributed by atoms with E-state index >= 15 is 0 Å². The minimum absolute atomic E-state index is 0.0476. The standard InChI is InChI=1S/C26H30N6O3/c1-17-30-31-24-23(27-14-8-9-15-28-25(34)35-26(2,3)4)29-20-13-12-19(16-21(20)32(17)24)22(33)18-10-6-5-7-11-18/h5-7,10-13,16H,8-9,14-15H2,1-4H3,(H,27,29)(H,28,34). The number of ether oxygens (including phenoxy) is 1. The Hall–Kier alpha value is -4.01. The highest BCUT2D eigenvalue weighted by Crippen LogP contribution is 2.24. The third-order valence-corrected chi connectivity index (χ3v) is 5.35. The first kappa shape index (κ1) is 24.1. The Morgan fingerprint density at radius 2 is 1.71 bits per heavy atom. The van der Waals surface area contributed by atoms with Crippen molar-refractivity contribution in [1.29, 1.82) is 0 Å². The van der Waals surface area contributed by atoms with Crippen LogP contribution in [0.15, 0.2) is 48.5 Å². The van der Waals surface area contributed by atoms with Gasteiger partial charge in [-0.1, -0.05) is 30.3 Å². The molecule has 0 aliphatic rings. The van der Waals surface area contributed by atoms with Gasteiger partial charge in [0.1, 0.15) is 11.4 Å². The molecule has 1 amide bonds. The highest BCUT2D eigenvalue weighted by Gasteiger charge is 2.17. The van der Waals surface area contributed by atoms with E-state index in [-0.39, 0.29) is 5.78 Å². The molecule has 9 heteroatoms. The fraction of sp³-hybridized carbons (Fsp3) is 0.346. The monoisotopic (exact) mass is 474 g/mol. The first-order valence-electron chi connectivity index (χ1n) is 11.7. The topological polar surface area (TPSA) is 111 Å². The molecule has 2 aromatic heterocycles. The molecule has 0 aliphatic carbocycles. The van der Waals surface area contributed by atoms with Crippen LogP contribution in [0.1, 0.15) is 55.4 Å². The van der Waals surface area contributed by atoms with Crippen LogP contribution in [0.4, 0.5) is 10.6 Å². The molecule has 0 bridgehead atoms. The van der Waals surface area contributed by atoms with Gasteiger partial charge in [0, 0.05) is 24.2 Å². The molecule has 0 saturated carbocycles. The molecule has 4 aromatic rings. The van der Waals surface area contributed by atoms with Crippen molar-refractivity contribution in [3.05, 3.63) is 65.5 Å². The lowest BCUT2D eigenvalue weighted by atomic mass is 10.0. The number of unbranched alkanes of at least 4 members (excludes halogenated alkanes) is 1. The molecular weight excluding hydrogens is 444 g/mol. The zero-order chi connectivity index (χ0) is 25.0. The van der Waals surface area contributed by atoms with Gasteiger partial charge >= 0.3 is 6.09 Å². The molecular formula is C26H30N6O3. The first-order valence-corrected chi connectivity index (χ1v) is 11.7. The number of carbonyl (C=O) groups excluding carboxylic acids is 2. The summed E-state index contributed by atoms with van der Waals surface area (Å²) < 4.78 is 7.15. The average molecular weight is 475 g/mol. The summed E-state index contributed by atoms with van der Waals surface area (Å²) in [5.41, 5.74) is 2.82. The smallest absolute Gasteiger partial charge is 0.407 e. The Morgan fingerprint density at radius 1 is 0.971 bits per heavy atom. The average Bonchev–Trinajstić information content (AvgIpc) is 3.22. The quantitative estimate of drug-likeness (QED) is 0.285. The predicted octanol–water partition coefficient (Wildman–Crippen LogP) is 4.53. The zero-order valence-corrected chi connectivity index (χ0v) is 20.5.